The Balaban J connectivity index is 1.88. The minimum absolute atomic E-state index is 0.107. The normalized spacial score (nSPS) is 11.9. The zero-order valence-electron chi connectivity index (χ0n) is 14.9. The number of fused-ring (bicyclic) bond motifs is 1. The zero-order valence-corrected chi connectivity index (χ0v) is 16.5. The molecular formula is C20H13ClN2O5S. The van der Waals surface area contributed by atoms with Gasteiger partial charge < -0.3 is 14.9 Å². The molecule has 4 aromatic rings. The SMILES string of the molecule is COc1cc(/C=c2/sc3ncc(-c4cccc(C(=O)O)c4)n3c2=O)cc(Cl)c1O. The molecule has 0 bridgehead atoms. The third-order valence-corrected chi connectivity index (χ3v) is 5.59. The van der Waals surface area contributed by atoms with Crippen molar-refractivity contribution >= 4 is 39.9 Å². The Labute approximate surface area is 172 Å². The summed E-state index contributed by atoms with van der Waals surface area (Å²) >= 11 is 7.21. The van der Waals surface area contributed by atoms with Gasteiger partial charge in [0.2, 0.25) is 0 Å². The number of aromatic nitrogens is 2. The number of benzene rings is 2. The van der Waals surface area contributed by atoms with Crippen molar-refractivity contribution in [2.75, 3.05) is 7.11 Å². The van der Waals surface area contributed by atoms with E-state index in [0.717, 1.165) is 0 Å². The van der Waals surface area contributed by atoms with Crippen LogP contribution in [0, 0.1) is 0 Å². The van der Waals surface area contributed by atoms with Gasteiger partial charge in [0.25, 0.3) is 5.56 Å². The second-order valence-corrected chi connectivity index (χ2v) is 7.53. The third kappa shape index (κ3) is 3.32. The van der Waals surface area contributed by atoms with Gasteiger partial charge in [0.15, 0.2) is 16.5 Å². The van der Waals surface area contributed by atoms with E-state index in [1.165, 1.54) is 41.0 Å². The number of carboxylic acids is 1. The molecule has 0 aliphatic rings. The Bertz CT molecular complexity index is 1380. The summed E-state index contributed by atoms with van der Waals surface area (Å²) < 4.78 is 6.94. The molecule has 0 aliphatic carbocycles. The summed E-state index contributed by atoms with van der Waals surface area (Å²) in [6.07, 6.45) is 3.17. The Kier molecular flexibility index (Phi) is 4.73. The molecule has 29 heavy (non-hydrogen) atoms. The van der Waals surface area contributed by atoms with Gasteiger partial charge in [-0.3, -0.25) is 4.79 Å². The van der Waals surface area contributed by atoms with Gasteiger partial charge in [0, 0.05) is 5.56 Å². The molecule has 4 rings (SSSR count). The van der Waals surface area contributed by atoms with E-state index in [1.807, 2.05) is 0 Å². The molecule has 0 radical (unpaired) electrons. The van der Waals surface area contributed by atoms with E-state index in [0.29, 0.717) is 26.3 Å². The molecule has 0 amide bonds. The van der Waals surface area contributed by atoms with Crippen LogP contribution in [0.15, 0.2) is 47.4 Å². The Morgan fingerprint density at radius 2 is 2.10 bits per heavy atom. The first-order chi connectivity index (χ1) is 13.9. The molecule has 0 atom stereocenters. The molecule has 2 N–H and O–H groups in total. The second kappa shape index (κ2) is 7.23. The van der Waals surface area contributed by atoms with Gasteiger partial charge in [-0.25, -0.2) is 14.2 Å². The van der Waals surface area contributed by atoms with Crippen LogP contribution in [0.1, 0.15) is 15.9 Å². The van der Waals surface area contributed by atoms with E-state index >= 15 is 0 Å². The lowest BCUT2D eigenvalue weighted by Gasteiger charge is -2.05. The van der Waals surface area contributed by atoms with E-state index in [-0.39, 0.29) is 27.6 Å². The largest absolute Gasteiger partial charge is 0.503 e. The van der Waals surface area contributed by atoms with Crippen LogP contribution in [0.5, 0.6) is 11.5 Å². The summed E-state index contributed by atoms with van der Waals surface area (Å²) in [6, 6.07) is 9.42. The number of carbonyl (C=O) groups is 1. The minimum Gasteiger partial charge on any atom is -0.503 e. The van der Waals surface area contributed by atoms with E-state index < -0.39 is 5.97 Å². The van der Waals surface area contributed by atoms with E-state index in [1.54, 1.807) is 30.5 Å². The number of thiazole rings is 1. The molecule has 0 saturated heterocycles. The topological polar surface area (TPSA) is 101 Å². The van der Waals surface area contributed by atoms with E-state index in [2.05, 4.69) is 4.98 Å². The lowest BCUT2D eigenvalue weighted by Crippen LogP contribution is -2.23. The number of ether oxygens (including phenoxy) is 1. The van der Waals surface area contributed by atoms with Crippen LogP contribution < -0.4 is 14.8 Å². The lowest BCUT2D eigenvalue weighted by atomic mass is 10.1. The van der Waals surface area contributed by atoms with E-state index in [9.17, 15) is 19.8 Å². The van der Waals surface area contributed by atoms with Gasteiger partial charge in [0.05, 0.1) is 34.1 Å². The molecule has 9 heteroatoms. The molecular weight excluding hydrogens is 416 g/mol. The number of aromatic hydroxyl groups is 1. The van der Waals surface area contributed by atoms with Crippen LogP contribution in [0.2, 0.25) is 5.02 Å². The number of hydrogen-bond donors (Lipinski definition) is 2. The Morgan fingerprint density at radius 3 is 2.83 bits per heavy atom. The molecule has 0 spiro atoms. The van der Waals surface area contributed by atoms with Crippen molar-refractivity contribution in [3.05, 3.63) is 73.6 Å². The number of hydrogen-bond acceptors (Lipinski definition) is 6. The number of halogens is 1. The van der Waals surface area contributed by atoms with Gasteiger partial charge in [-0.1, -0.05) is 35.1 Å². The fourth-order valence-corrected chi connectivity index (χ4v) is 4.11. The van der Waals surface area contributed by atoms with Gasteiger partial charge in [0.1, 0.15) is 0 Å². The first-order valence-electron chi connectivity index (χ1n) is 8.31. The molecule has 2 aromatic heterocycles. The zero-order chi connectivity index (χ0) is 20.7. The molecule has 146 valence electrons. The summed E-state index contributed by atoms with van der Waals surface area (Å²) in [5.74, 6) is -1.02. The standard InChI is InChI=1S/C20H13ClN2O5S/c1-28-15-6-10(5-13(21)17(15)24)7-16-18(25)23-14(9-22-20(23)29-16)11-3-2-4-12(8-11)19(26)27/h2-9,24H,1H3,(H,26,27)/b16-7+. The summed E-state index contributed by atoms with van der Waals surface area (Å²) in [7, 11) is 1.41. The molecule has 0 aliphatic heterocycles. The highest BCUT2D eigenvalue weighted by Crippen LogP contribution is 2.35. The van der Waals surface area contributed by atoms with Crippen LogP contribution in [-0.4, -0.2) is 32.7 Å². The molecule has 0 unspecified atom stereocenters. The van der Waals surface area contributed by atoms with Gasteiger partial charge in [-0.2, -0.15) is 0 Å². The van der Waals surface area contributed by atoms with Crippen LogP contribution >= 0.6 is 22.9 Å². The summed E-state index contributed by atoms with van der Waals surface area (Å²) in [5, 5.41) is 19.2. The first kappa shape index (κ1) is 19.0. The predicted molar refractivity (Wildman–Crippen MR) is 110 cm³/mol. The van der Waals surface area contributed by atoms with Crippen molar-refractivity contribution in [2.45, 2.75) is 0 Å². The minimum atomic E-state index is -1.05. The van der Waals surface area contributed by atoms with E-state index in [4.69, 9.17) is 16.3 Å². The van der Waals surface area contributed by atoms with Crippen LogP contribution in [0.3, 0.4) is 0 Å². The summed E-state index contributed by atoms with van der Waals surface area (Å²) in [4.78, 5) is 29.0. The maximum atomic E-state index is 13.0. The maximum absolute atomic E-state index is 13.0. The third-order valence-electron chi connectivity index (χ3n) is 4.32. The highest BCUT2D eigenvalue weighted by molar-refractivity contribution is 7.15. The molecule has 0 fully saturated rings. The summed E-state index contributed by atoms with van der Waals surface area (Å²) in [6.45, 7) is 0. The van der Waals surface area contributed by atoms with Crippen LogP contribution in [0.25, 0.3) is 22.3 Å². The smallest absolute Gasteiger partial charge is 0.335 e. The highest BCUT2D eigenvalue weighted by atomic mass is 35.5. The number of methoxy groups -OCH3 is 1. The number of phenols is 1. The maximum Gasteiger partial charge on any atom is 0.335 e. The van der Waals surface area contributed by atoms with Gasteiger partial charge in [-0.05, 0) is 35.9 Å². The number of nitrogens with zero attached hydrogens (tertiary/aromatic N) is 2. The number of rotatable bonds is 4. The van der Waals surface area contributed by atoms with Crippen molar-refractivity contribution in [1.29, 1.82) is 0 Å². The van der Waals surface area contributed by atoms with Crippen molar-refractivity contribution in [1.82, 2.24) is 9.38 Å². The first-order valence-corrected chi connectivity index (χ1v) is 9.50. The second-order valence-electron chi connectivity index (χ2n) is 6.12. The van der Waals surface area contributed by atoms with Gasteiger partial charge >= 0.3 is 5.97 Å². The number of phenolic OH excluding ortho intramolecular Hbond substituents is 1. The highest BCUT2D eigenvalue weighted by Gasteiger charge is 2.14. The molecule has 2 aromatic carbocycles. The predicted octanol–water partition coefficient (Wildman–Crippen LogP) is 3.04. The summed E-state index contributed by atoms with van der Waals surface area (Å²) in [5.41, 5.74) is 1.50. The van der Waals surface area contributed by atoms with Crippen molar-refractivity contribution < 1.29 is 19.7 Å². The number of carboxylic acid groups (broad SMARTS) is 1. The Hall–Kier alpha value is -3.36. The van der Waals surface area contributed by atoms with Gasteiger partial charge in [-0.15, -0.1) is 0 Å². The fraction of sp³-hybridized carbons (Fsp3) is 0.0500. The molecule has 0 saturated carbocycles. The Morgan fingerprint density at radius 1 is 1.31 bits per heavy atom. The fourth-order valence-electron chi connectivity index (χ4n) is 2.95. The average Bonchev–Trinajstić information content (AvgIpc) is 3.25. The molecule has 2 heterocycles. The number of imidazole rings is 1. The van der Waals surface area contributed by atoms with Crippen molar-refractivity contribution in [2.24, 2.45) is 0 Å². The van der Waals surface area contributed by atoms with Crippen molar-refractivity contribution in [3.8, 4) is 22.8 Å². The monoisotopic (exact) mass is 428 g/mol. The average molecular weight is 429 g/mol. The number of aromatic carboxylic acids is 1. The van der Waals surface area contributed by atoms with Crippen LogP contribution in [-0.2, 0) is 0 Å². The van der Waals surface area contributed by atoms with Crippen LogP contribution in [0.4, 0.5) is 0 Å². The van der Waals surface area contributed by atoms with Crippen molar-refractivity contribution in [3.63, 3.8) is 0 Å². The lowest BCUT2D eigenvalue weighted by molar-refractivity contribution is 0.0697. The molecule has 7 nitrogen and oxygen atoms in total. The quantitative estimate of drug-likeness (QED) is 0.518.